The number of ether oxygens (including phenoxy) is 1. The number of hydrogen-bond donors (Lipinski definition) is 0. The van der Waals surface area contributed by atoms with Gasteiger partial charge in [0.05, 0.1) is 12.0 Å². The summed E-state index contributed by atoms with van der Waals surface area (Å²) in [5.74, 6) is -0.143. The second kappa shape index (κ2) is 11.3. The van der Waals surface area contributed by atoms with Crippen LogP contribution in [0.15, 0.2) is 102 Å². The number of benzene rings is 4. The molecule has 0 saturated carbocycles. The van der Waals surface area contributed by atoms with Gasteiger partial charge in [-0.1, -0.05) is 64.5 Å². The number of anilines is 1. The van der Waals surface area contributed by atoms with Gasteiger partial charge in [0.2, 0.25) is 5.91 Å². The molecular formula is C31H26BrF2NO2. The molecule has 0 unspecified atom stereocenters. The predicted molar refractivity (Wildman–Crippen MR) is 144 cm³/mol. The van der Waals surface area contributed by atoms with Crippen molar-refractivity contribution in [2.75, 3.05) is 4.90 Å². The van der Waals surface area contributed by atoms with Crippen LogP contribution in [0.1, 0.15) is 35.6 Å². The van der Waals surface area contributed by atoms with Gasteiger partial charge in [-0.2, -0.15) is 0 Å². The van der Waals surface area contributed by atoms with Crippen LogP contribution in [-0.4, -0.2) is 5.91 Å². The van der Waals surface area contributed by atoms with Gasteiger partial charge in [0.1, 0.15) is 24.0 Å². The first-order valence-electron chi connectivity index (χ1n) is 12.3. The van der Waals surface area contributed by atoms with E-state index in [0.29, 0.717) is 24.5 Å². The molecule has 1 amide bonds. The number of rotatable bonds is 9. The zero-order valence-corrected chi connectivity index (χ0v) is 21.7. The van der Waals surface area contributed by atoms with Gasteiger partial charge in [-0.15, -0.1) is 0 Å². The van der Waals surface area contributed by atoms with Crippen LogP contribution >= 0.6 is 15.9 Å². The maximum atomic E-state index is 13.6. The van der Waals surface area contributed by atoms with Crippen molar-refractivity contribution in [1.29, 1.82) is 0 Å². The Kier molecular flexibility index (Phi) is 7.65. The topological polar surface area (TPSA) is 29.5 Å². The van der Waals surface area contributed by atoms with E-state index in [1.54, 1.807) is 29.2 Å². The Morgan fingerprint density at radius 1 is 0.811 bits per heavy atom. The van der Waals surface area contributed by atoms with E-state index in [9.17, 15) is 13.6 Å². The standard InChI is InChI=1S/C31H26BrF2NO2/c32-23-11-18-27(29(19-23)37-20-22-5-2-1-3-6-22)30-28(8-4-7-21-9-12-24(33)13-10-21)31(36)35(30)26-16-14-25(34)15-17-26/h1-3,5-6,9-19,28,30H,4,7-8,20H2/t28-,30-/m1/s1. The minimum absolute atomic E-state index is 0.00708. The Balaban J connectivity index is 1.41. The van der Waals surface area contributed by atoms with Crippen LogP contribution in [0.5, 0.6) is 5.75 Å². The lowest BCUT2D eigenvalue weighted by molar-refractivity contribution is -0.130. The van der Waals surface area contributed by atoms with Gasteiger partial charge in [0.15, 0.2) is 0 Å². The van der Waals surface area contributed by atoms with Crippen LogP contribution in [-0.2, 0) is 17.8 Å². The Morgan fingerprint density at radius 2 is 1.49 bits per heavy atom. The molecule has 3 nitrogen and oxygen atoms in total. The summed E-state index contributed by atoms with van der Waals surface area (Å²) in [6.45, 7) is 0.400. The lowest BCUT2D eigenvalue weighted by Crippen LogP contribution is -2.55. The predicted octanol–water partition coefficient (Wildman–Crippen LogP) is 8.03. The molecule has 37 heavy (non-hydrogen) atoms. The molecule has 0 radical (unpaired) electrons. The fourth-order valence-electron chi connectivity index (χ4n) is 4.87. The first-order valence-corrected chi connectivity index (χ1v) is 13.1. The van der Waals surface area contributed by atoms with Crippen molar-refractivity contribution in [2.24, 2.45) is 5.92 Å². The molecule has 1 aliphatic heterocycles. The summed E-state index contributed by atoms with van der Waals surface area (Å²) in [4.78, 5) is 15.1. The highest BCUT2D eigenvalue weighted by molar-refractivity contribution is 9.10. The van der Waals surface area contributed by atoms with E-state index in [0.717, 1.165) is 34.0 Å². The van der Waals surface area contributed by atoms with Crippen molar-refractivity contribution >= 4 is 27.5 Å². The van der Waals surface area contributed by atoms with Gasteiger partial charge < -0.3 is 9.64 Å². The molecule has 1 heterocycles. The van der Waals surface area contributed by atoms with Crippen LogP contribution in [0, 0.1) is 17.6 Å². The molecule has 4 aromatic carbocycles. The van der Waals surface area contributed by atoms with Gasteiger partial charge in [0, 0.05) is 15.7 Å². The molecule has 0 aromatic heterocycles. The second-order valence-corrected chi connectivity index (χ2v) is 10.1. The normalized spacial score (nSPS) is 16.9. The quantitative estimate of drug-likeness (QED) is 0.193. The van der Waals surface area contributed by atoms with Gasteiger partial charge in [0.25, 0.3) is 0 Å². The largest absolute Gasteiger partial charge is 0.489 e. The fraction of sp³-hybridized carbons (Fsp3) is 0.194. The summed E-state index contributed by atoms with van der Waals surface area (Å²) < 4.78 is 34.1. The number of amides is 1. The number of halogens is 3. The molecule has 0 bridgehead atoms. The number of carbonyl (C=O) groups excluding carboxylic acids is 1. The monoisotopic (exact) mass is 561 g/mol. The highest BCUT2D eigenvalue weighted by atomic mass is 79.9. The molecule has 6 heteroatoms. The van der Waals surface area contributed by atoms with Crippen LogP contribution in [0.4, 0.5) is 14.5 Å². The summed E-state index contributed by atoms with van der Waals surface area (Å²) in [5.41, 5.74) is 3.65. The first-order chi connectivity index (χ1) is 18.0. The van der Waals surface area contributed by atoms with E-state index in [2.05, 4.69) is 15.9 Å². The van der Waals surface area contributed by atoms with E-state index in [4.69, 9.17) is 4.74 Å². The van der Waals surface area contributed by atoms with Crippen molar-refractivity contribution in [3.8, 4) is 5.75 Å². The van der Waals surface area contributed by atoms with Crippen LogP contribution in [0.2, 0.25) is 0 Å². The maximum Gasteiger partial charge on any atom is 0.233 e. The van der Waals surface area contributed by atoms with Gasteiger partial charge in [-0.25, -0.2) is 8.78 Å². The van der Waals surface area contributed by atoms with Gasteiger partial charge >= 0.3 is 0 Å². The number of hydrogen-bond acceptors (Lipinski definition) is 2. The first kappa shape index (κ1) is 25.2. The van der Waals surface area contributed by atoms with E-state index in [1.165, 1.54) is 24.3 Å². The number of nitrogens with zero attached hydrogens (tertiary/aromatic N) is 1. The number of β-lactam (4-membered cyclic amide) rings is 1. The number of carbonyl (C=O) groups is 1. The molecule has 0 spiro atoms. The van der Waals surface area contributed by atoms with E-state index in [1.807, 2.05) is 48.5 Å². The zero-order valence-electron chi connectivity index (χ0n) is 20.1. The smallest absolute Gasteiger partial charge is 0.233 e. The average Bonchev–Trinajstić information content (AvgIpc) is 2.91. The minimum Gasteiger partial charge on any atom is -0.489 e. The van der Waals surface area contributed by atoms with Crippen LogP contribution < -0.4 is 9.64 Å². The summed E-state index contributed by atoms with van der Waals surface area (Å²) >= 11 is 3.55. The lowest BCUT2D eigenvalue weighted by Gasteiger charge is -2.48. The summed E-state index contributed by atoms with van der Waals surface area (Å²) in [7, 11) is 0. The van der Waals surface area contributed by atoms with E-state index < -0.39 is 0 Å². The molecule has 2 atom stereocenters. The van der Waals surface area contributed by atoms with Crippen molar-refractivity contribution in [3.63, 3.8) is 0 Å². The third-order valence-corrected chi connectivity index (χ3v) is 7.24. The average molecular weight is 562 g/mol. The molecule has 0 N–H and O–H groups in total. The molecule has 188 valence electrons. The Morgan fingerprint density at radius 3 is 2.19 bits per heavy atom. The highest BCUT2D eigenvalue weighted by Gasteiger charge is 2.49. The second-order valence-electron chi connectivity index (χ2n) is 9.21. The fourth-order valence-corrected chi connectivity index (χ4v) is 5.21. The molecule has 1 saturated heterocycles. The third kappa shape index (κ3) is 5.75. The van der Waals surface area contributed by atoms with Gasteiger partial charge in [-0.05, 0) is 78.9 Å². The lowest BCUT2D eigenvalue weighted by atomic mass is 9.78. The molecule has 4 aromatic rings. The molecule has 1 aliphatic rings. The maximum absolute atomic E-state index is 13.6. The van der Waals surface area contributed by atoms with Crippen molar-refractivity contribution in [3.05, 3.63) is 130 Å². The van der Waals surface area contributed by atoms with E-state index in [-0.39, 0.29) is 29.5 Å². The minimum atomic E-state index is -0.348. The Labute approximate surface area is 223 Å². The van der Waals surface area contributed by atoms with Crippen LogP contribution in [0.3, 0.4) is 0 Å². The molecule has 5 rings (SSSR count). The number of aryl methyl sites for hydroxylation is 1. The van der Waals surface area contributed by atoms with Crippen molar-refractivity contribution in [2.45, 2.75) is 31.9 Å². The molecule has 0 aliphatic carbocycles. The Hall–Kier alpha value is -3.51. The summed E-state index contributed by atoms with van der Waals surface area (Å²) in [6, 6.07) is 28.0. The van der Waals surface area contributed by atoms with Crippen molar-refractivity contribution < 1.29 is 18.3 Å². The SMILES string of the molecule is O=C1[C@H](CCCc2ccc(F)cc2)[C@@H](c2ccc(Br)cc2OCc2ccccc2)N1c1ccc(F)cc1. The third-order valence-electron chi connectivity index (χ3n) is 6.74. The zero-order chi connectivity index (χ0) is 25.8. The summed E-state index contributed by atoms with van der Waals surface area (Å²) in [6.07, 6.45) is 2.21. The summed E-state index contributed by atoms with van der Waals surface area (Å²) in [5, 5.41) is 0. The van der Waals surface area contributed by atoms with Gasteiger partial charge in [-0.3, -0.25) is 4.79 Å². The highest BCUT2D eigenvalue weighted by Crippen LogP contribution is 2.48. The molecular weight excluding hydrogens is 536 g/mol. The van der Waals surface area contributed by atoms with Crippen LogP contribution in [0.25, 0.3) is 0 Å². The van der Waals surface area contributed by atoms with Crippen molar-refractivity contribution in [1.82, 2.24) is 0 Å². The molecule has 1 fully saturated rings. The Bertz CT molecular complexity index is 1360. The van der Waals surface area contributed by atoms with E-state index >= 15 is 0 Å².